The van der Waals surface area contributed by atoms with Crippen molar-refractivity contribution in [1.82, 2.24) is 0 Å². The molecule has 0 aromatic heterocycles. The van der Waals surface area contributed by atoms with E-state index >= 15 is 0 Å². The van der Waals surface area contributed by atoms with Crippen LogP contribution in [-0.2, 0) is 0 Å². The predicted octanol–water partition coefficient (Wildman–Crippen LogP) is 3.89. The minimum absolute atomic E-state index is 0.452. The Morgan fingerprint density at radius 2 is 1.57 bits per heavy atom. The van der Waals surface area contributed by atoms with Crippen molar-refractivity contribution in [1.29, 1.82) is 0 Å². The van der Waals surface area contributed by atoms with Crippen LogP contribution in [-0.4, -0.2) is 19.1 Å². The lowest BCUT2D eigenvalue weighted by Gasteiger charge is -2.07. The molecule has 0 saturated carbocycles. The van der Waals surface area contributed by atoms with E-state index < -0.39 is 0 Å². The van der Waals surface area contributed by atoms with Crippen LogP contribution in [0.4, 0.5) is 5.69 Å². The highest BCUT2D eigenvalue weighted by molar-refractivity contribution is 5.92. The second-order valence-corrected chi connectivity index (χ2v) is 5.63. The average molecular weight is 311 g/mol. The molecular formula is C19H25N3O. The number of guanidine groups is 1. The summed E-state index contributed by atoms with van der Waals surface area (Å²) < 4.78 is 5.68. The fourth-order valence-electron chi connectivity index (χ4n) is 2.06. The number of nitrogens with two attached hydrogens (primary N) is 1. The van der Waals surface area contributed by atoms with Crippen molar-refractivity contribution in [2.24, 2.45) is 10.7 Å². The molecule has 2 rings (SSSR count). The highest BCUT2D eigenvalue weighted by Crippen LogP contribution is 2.12. The molecule has 0 amide bonds. The van der Waals surface area contributed by atoms with Gasteiger partial charge < -0.3 is 15.8 Å². The van der Waals surface area contributed by atoms with Crippen molar-refractivity contribution in [3.63, 3.8) is 0 Å². The van der Waals surface area contributed by atoms with E-state index in [-0.39, 0.29) is 0 Å². The quantitative estimate of drug-likeness (QED) is 0.463. The lowest BCUT2D eigenvalue weighted by Crippen LogP contribution is -2.22. The molecule has 3 N–H and O–H groups in total. The molecular weight excluding hydrogens is 286 g/mol. The molecule has 2 aromatic rings. The average Bonchev–Trinajstić information content (AvgIpc) is 2.54. The zero-order valence-corrected chi connectivity index (χ0v) is 13.9. The molecule has 0 spiro atoms. The first-order valence-electron chi connectivity index (χ1n) is 7.96. The van der Waals surface area contributed by atoms with Crippen LogP contribution < -0.4 is 15.8 Å². The van der Waals surface area contributed by atoms with Gasteiger partial charge in [-0.05, 0) is 51.0 Å². The van der Waals surface area contributed by atoms with Crippen LogP contribution in [0.5, 0.6) is 5.75 Å². The number of hydrogen-bond donors (Lipinski definition) is 2. The number of nitrogens with one attached hydrogen (secondary N) is 1. The van der Waals surface area contributed by atoms with Crippen molar-refractivity contribution in [3.8, 4) is 5.75 Å². The third kappa shape index (κ3) is 6.43. The highest BCUT2D eigenvalue weighted by Gasteiger charge is 1.96. The fourth-order valence-corrected chi connectivity index (χ4v) is 2.06. The van der Waals surface area contributed by atoms with Gasteiger partial charge in [-0.25, -0.2) is 0 Å². The van der Waals surface area contributed by atoms with E-state index in [2.05, 4.69) is 36.3 Å². The molecule has 0 atom stereocenters. The predicted molar refractivity (Wildman–Crippen MR) is 97.2 cm³/mol. The summed E-state index contributed by atoms with van der Waals surface area (Å²) in [6.45, 7) is 5.52. The number of ether oxygens (including phenoxy) is 1. The maximum Gasteiger partial charge on any atom is 0.193 e. The van der Waals surface area contributed by atoms with Crippen LogP contribution in [0.1, 0.15) is 24.0 Å². The van der Waals surface area contributed by atoms with E-state index in [9.17, 15) is 0 Å². The number of benzene rings is 2. The summed E-state index contributed by atoms with van der Waals surface area (Å²) in [6.07, 6.45) is 1.90. The van der Waals surface area contributed by atoms with Gasteiger partial charge in [-0.2, -0.15) is 0 Å². The number of rotatable bonds is 7. The molecule has 0 unspecified atom stereocenters. The Bertz CT molecular complexity index is 618. The summed E-state index contributed by atoms with van der Waals surface area (Å²) in [6, 6.07) is 16.2. The van der Waals surface area contributed by atoms with Gasteiger partial charge in [-0.3, -0.25) is 4.99 Å². The van der Waals surface area contributed by atoms with Gasteiger partial charge in [0.25, 0.3) is 0 Å². The summed E-state index contributed by atoms with van der Waals surface area (Å²) in [5.41, 5.74) is 9.29. The fraction of sp³-hybridized carbons (Fsp3) is 0.316. The number of aryl methyl sites for hydroxylation is 2. The van der Waals surface area contributed by atoms with Crippen LogP contribution in [0.25, 0.3) is 0 Å². The number of nitrogens with zero attached hydrogens (tertiary/aromatic N) is 1. The summed E-state index contributed by atoms with van der Waals surface area (Å²) in [7, 11) is 0. The smallest absolute Gasteiger partial charge is 0.193 e. The number of unbranched alkanes of at least 4 members (excludes halogenated alkanes) is 1. The van der Waals surface area contributed by atoms with Gasteiger partial charge in [0, 0.05) is 12.2 Å². The van der Waals surface area contributed by atoms with Crippen molar-refractivity contribution in [3.05, 3.63) is 59.7 Å². The Morgan fingerprint density at radius 1 is 0.957 bits per heavy atom. The Kier molecular flexibility index (Phi) is 6.48. The minimum atomic E-state index is 0.452. The third-order valence-electron chi connectivity index (χ3n) is 3.45. The Balaban J connectivity index is 1.62. The second-order valence-electron chi connectivity index (χ2n) is 5.63. The van der Waals surface area contributed by atoms with Crippen LogP contribution in [0.2, 0.25) is 0 Å². The molecule has 0 aliphatic carbocycles. The molecule has 122 valence electrons. The van der Waals surface area contributed by atoms with E-state index in [1.165, 1.54) is 11.1 Å². The van der Waals surface area contributed by atoms with Gasteiger partial charge in [-0.1, -0.05) is 35.4 Å². The number of hydrogen-bond acceptors (Lipinski definition) is 2. The number of anilines is 1. The van der Waals surface area contributed by atoms with Crippen molar-refractivity contribution in [2.75, 3.05) is 18.5 Å². The van der Waals surface area contributed by atoms with Gasteiger partial charge in [0.15, 0.2) is 5.96 Å². The first kappa shape index (κ1) is 16.9. The molecule has 0 heterocycles. The molecule has 4 heteroatoms. The molecule has 4 nitrogen and oxygen atoms in total. The van der Waals surface area contributed by atoms with Gasteiger partial charge in [0.1, 0.15) is 5.75 Å². The lowest BCUT2D eigenvalue weighted by molar-refractivity contribution is 0.308. The third-order valence-corrected chi connectivity index (χ3v) is 3.45. The Labute approximate surface area is 138 Å². The van der Waals surface area contributed by atoms with E-state index in [0.29, 0.717) is 19.1 Å². The van der Waals surface area contributed by atoms with E-state index in [1.54, 1.807) is 0 Å². The molecule has 0 bridgehead atoms. The zero-order chi connectivity index (χ0) is 16.5. The van der Waals surface area contributed by atoms with Gasteiger partial charge in [0.05, 0.1) is 6.61 Å². The summed E-state index contributed by atoms with van der Waals surface area (Å²) in [4.78, 5) is 4.33. The van der Waals surface area contributed by atoms with Gasteiger partial charge >= 0.3 is 0 Å². The van der Waals surface area contributed by atoms with Crippen LogP contribution in [0.15, 0.2) is 53.5 Å². The van der Waals surface area contributed by atoms with E-state index in [1.807, 2.05) is 36.4 Å². The Morgan fingerprint density at radius 3 is 2.22 bits per heavy atom. The molecule has 0 saturated heterocycles. The monoisotopic (exact) mass is 311 g/mol. The zero-order valence-electron chi connectivity index (χ0n) is 13.9. The van der Waals surface area contributed by atoms with E-state index in [4.69, 9.17) is 10.5 Å². The highest BCUT2D eigenvalue weighted by atomic mass is 16.5. The van der Waals surface area contributed by atoms with Crippen LogP contribution >= 0.6 is 0 Å². The Hall–Kier alpha value is -2.49. The summed E-state index contributed by atoms with van der Waals surface area (Å²) in [5, 5.41) is 3.09. The van der Waals surface area contributed by atoms with E-state index in [0.717, 1.165) is 24.3 Å². The topological polar surface area (TPSA) is 59.6 Å². The summed E-state index contributed by atoms with van der Waals surface area (Å²) in [5.74, 6) is 1.37. The van der Waals surface area contributed by atoms with Gasteiger partial charge in [-0.15, -0.1) is 0 Å². The molecule has 23 heavy (non-hydrogen) atoms. The molecule has 0 aliphatic heterocycles. The number of aliphatic imine (C=N–C) groups is 1. The normalized spacial score (nSPS) is 11.3. The SMILES string of the molecule is Cc1ccc(NC(N)=NCCCCOc2ccc(C)cc2)cc1. The first-order valence-corrected chi connectivity index (χ1v) is 7.96. The molecule has 0 fully saturated rings. The lowest BCUT2D eigenvalue weighted by atomic mass is 10.2. The first-order chi connectivity index (χ1) is 11.1. The largest absolute Gasteiger partial charge is 0.494 e. The molecule has 2 aromatic carbocycles. The standard InChI is InChI=1S/C19H25N3O/c1-15-5-9-17(10-6-15)22-19(20)21-13-3-4-14-23-18-11-7-16(2)8-12-18/h5-12H,3-4,13-14H2,1-2H3,(H3,20,21,22). The van der Waals surface area contributed by atoms with Crippen molar-refractivity contribution < 1.29 is 4.74 Å². The maximum absolute atomic E-state index is 5.87. The second kappa shape index (κ2) is 8.83. The van der Waals surface area contributed by atoms with Crippen molar-refractivity contribution in [2.45, 2.75) is 26.7 Å². The summed E-state index contributed by atoms with van der Waals surface area (Å²) >= 11 is 0. The van der Waals surface area contributed by atoms with Crippen LogP contribution in [0, 0.1) is 13.8 Å². The van der Waals surface area contributed by atoms with Gasteiger partial charge in [0.2, 0.25) is 0 Å². The maximum atomic E-state index is 5.87. The minimum Gasteiger partial charge on any atom is -0.494 e. The van der Waals surface area contributed by atoms with Crippen molar-refractivity contribution >= 4 is 11.6 Å². The molecule has 0 aliphatic rings. The van der Waals surface area contributed by atoms with Crippen LogP contribution in [0.3, 0.4) is 0 Å². The molecule has 0 radical (unpaired) electrons.